The number of hydrogen-bond donors (Lipinski definition) is 1. The van der Waals surface area contributed by atoms with E-state index in [9.17, 15) is 0 Å². The number of hydrogen-bond acceptors (Lipinski definition) is 4. The van der Waals surface area contributed by atoms with Gasteiger partial charge in [0, 0.05) is 24.9 Å². The number of nitrogens with one attached hydrogen (secondary N) is 1. The summed E-state index contributed by atoms with van der Waals surface area (Å²) < 4.78 is 0. The third-order valence-corrected chi connectivity index (χ3v) is 3.19. The highest BCUT2D eigenvalue weighted by molar-refractivity contribution is 7.09. The smallest absolute Gasteiger partial charge is 0.0941 e. The Bertz CT molecular complexity index is 294. The monoisotopic (exact) mass is 241 g/mol. The van der Waals surface area contributed by atoms with Gasteiger partial charge in [-0.1, -0.05) is 13.8 Å². The minimum atomic E-state index is 0.701. The molecule has 1 heterocycles. The molecule has 16 heavy (non-hydrogen) atoms. The molecule has 4 heteroatoms. The number of nitrogens with zero attached hydrogens (tertiary/aromatic N) is 2. The molecule has 0 fully saturated rings. The largest absolute Gasteiger partial charge is 0.311 e. The van der Waals surface area contributed by atoms with Crippen LogP contribution >= 0.6 is 11.3 Å². The first-order valence-electron chi connectivity index (χ1n) is 5.86. The second-order valence-corrected chi connectivity index (χ2v) is 5.75. The molecule has 0 saturated heterocycles. The molecule has 0 radical (unpaired) electrons. The Hall–Kier alpha value is -0.450. The van der Waals surface area contributed by atoms with Gasteiger partial charge in [-0.3, -0.25) is 0 Å². The SMILES string of the molecule is CC(C)CNCc1csc(CCN(C)C)n1. The lowest BCUT2D eigenvalue weighted by Crippen LogP contribution is -2.19. The molecular formula is C12H23N3S. The Balaban J connectivity index is 2.28. The lowest BCUT2D eigenvalue weighted by atomic mass is 10.2. The van der Waals surface area contributed by atoms with Gasteiger partial charge in [-0.05, 0) is 26.6 Å². The molecule has 92 valence electrons. The van der Waals surface area contributed by atoms with Crippen molar-refractivity contribution in [1.82, 2.24) is 15.2 Å². The first kappa shape index (κ1) is 13.6. The van der Waals surface area contributed by atoms with E-state index in [1.807, 2.05) is 0 Å². The molecule has 1 N–H and O–H groups in total. The molecule has 1 aromatic rings. The van der Waals surface area contributed by atoms with E-state index in [0.717, 1.165) is 26.1 Å². The summed E-state index contributed by atoms with van der Waals surface area (Å²) in [6, 6.07) is 0. The fourth-order valence-corrected chi connectivity index (χ4v) is 2.14. The summed E-state index contributed by atoms with van der Waals surface area (Å²) in [4.78, 5) is 6.80. The molecule has 0 spiro atoms. The molecule has 1 aromatic heterocycles. The van der Waals surface area contributed by atoms with Gasteiger partial charge in [0.05, 0.1) is 10.7 Å². The molecule has 1 rings (SSSR count). The van der Waals surface area contributed by atoms with Crippen LogP contribution in [0.5, 0.6) is 0 Å². The van der Waals surface area contributed by atoms with E-state index in [2.05, 4.69) is 48.5 Å². The summed E-state index contributed by atoms with van der Waals surface area (Å²) in [5.74, 6) is 0.701. The fraction of sp³-hybridized carbons (Fsp3) is 0.750. The molecule has 3 nitrogen and oxygen atoms in total. The van der Waals surface area contributed by atoms with Gasteiger partial charge in [-0.2, -0.15) is 0 Å². The Morgan fingerprint density at radius 3 is 2.81 bits per heavy atom. The maximum Gasteiger partial charge on any atom is 0.0941 e. The number of rotatable bonds is 7. The lowest BCUT2D eigenvalue weighted by molar-refractivity contribution is 0.413. The van der Waals surface area contributed by atoms with E-state index >= 15 is 0 Å². The van der Waals surface area contributed by atoms with Crippen molar-refractivity contribution in [1.29, 1.82) is 0 Å². The van der Waals surface area contributed by atoms with E-state index in [0.29, 0.717) is 5.92 Å². The van der Waals surface area contributed by atoms with Crippen LogP contribution in [0.4, 0.5) is 0 Å². The fourth-order valence-electron chi connectivity index (χ4n) is 1.35. The Morgan fingerprint density at radius 2 is 2.19 bits per heavy atom. The highest BCUT2D eigenvalue weighted by Crippen LogP contribution is 2.10. The van der Waals surface area contributed by atoms with Gasteiger partial charge in [0.1, 0.15) is 0 Å². The third-order valence-electron chi connectivity index (χ3n) is 2.23. The van der Waals surface area contributed by atoms with E-state index in [4.69, 9.17) is 0 Å². The molecule has 0 aliphatic carbocycles. The lowest BCUT2D eigenvalue weighted by Gasteiger charge is -2.06. The summed E-state index contributed by atoms with van der Waals surface area (Å²) >= 11 is 1.77. The molecule has 0 unspecified atom stereocenters. The van der Waals surface area contributed by atoms with Crippen LogP contribution in [0.15, 0.2) is 5.38 Å². The van der Waals surface area contributed by atoms with Crippen molar-refractivity contribution < 1.29 is 0 Å². The summed E-state index contributed by atoms with van der Waals surface area (Å²) in [7, 11) is 4.19. The number of likely N-dealkylation sites (N-methyl/N-ethyl adjacent to an activating group) is 1. The van der Waals surface area contributed by atoms with Crippen molar-refractivity contribution in [3.63, 3.8) is 0 Å². The molecule has 0 aromatic carbocycles. The zero-order valence-corrected chi connectivity index (χ0v) is 11.6. The zero-order chi connectivity index (χ0) is 12.0. The van der Waals surface area contributed by atoms with Crippen LogP contribution in [-0.2, 0) is 13.0 Å². The average Bonchev–Trinajstić information content (AvgIpc) is 2.62. The first-order chi connectivity index (χ1) is 7.58. The van der Waals surface area contributed by atoms with E-state index < -0.39 is 0 Å². The van der Waals surface area contributed by atoms with E-state index in [1.54, 1.807) is 11.3 Å². The summed E-state index contributed by atoms with van der Waals surface area (Å²) in [6.45, 7) is 7.47. The van der Waals surface area contributed by atoms with Crippen molar-refractivity contribution in [2.24, 2.45) is 5.92 Å². The Labute approximate surface area is 103 Å². The van der Waals surface area contributed by atoms with Crippen LogP contribution < -0.4 is 5.32 Å². The van der Waals surface area contributed by atoms with Crippen molar-refractivity contribution in [3.8, 4) is 0 Å². The van der Waals surface area contributed by atoms with Crippen molar-refractivity contribution in [2.45, 2.75) is 26.8 Å². The minimum Gasteiger partial charge on any atom is -0.311 e. The first-order valence-corrected chi connectivity index (χ1v) is 6.74. The zero-order valence-electron chi connectivity index (χ0n) is 10.8. The highest BCUT2D eigenvalue weighted by atomic mass is 32.1. The second-order valence-electron chi connectivity index (χ2n) is 4.81. The highest BCUT2D eigenvalue weighted by Gasteiger charge is 2.02. The van der Waals surface area contributed by atoms with Crippen molar-refractivity contribution >= 4 is 11.3 Å². The average molecular weight is 241 g/mol. The Kier molecular flexibility index (Phi) is 5.95. The van der Waals surface area contributed by atoms with Crippen LogP contribution in [0.2, 0.25) is 0 Å². The normalized spacial score (nSPS) is 11.6. The second kappa shape index (κ2) is 6.99. The topological polar surface area (TPSA) is 28.2 Å². The van der Waals surface area contributed by atoms with Crippen LogP contribution in [0, 0.1) is 5.92 Å². The van der Waals surface area contributed by atoms with Crippen LogP contribution in [0.3, 0.4) is 0 Å². The van der Waals surface area contributed by atoms with Gasteiger partial charge in [0.2, 0.25) is 0 Å². The molecule has 0 atom stereocenters. The van der Waals surface area contributed by atoms with Gasteiger partial charge in [0.15, 0.2) is 0 Å². The minimum absolute atomic E-state index is 0.701. The predicted octanol–water partition coefficient (Wildman–Crippen LogP) is 1.99. The number of aromatic nitrogens is 1. The van der Waals surface area contributed by atoms with Crippen molar-refractivity contribution in [2.75, 3.05) is 27.2 Å². The maximum absolute atomic E-state index is 4.61. The molecule has 0 aliphatic rings. The molecule has 0 amide bonds. The summed E-state index contributed by atoms with van der Waals surface area (Å²) in [6.07, 6.45) is 1.06. The standard InChI is InChI=1S/C12H23N3S/c1-10(2)7-13-8-11-9-16-12(14-11)5-6-15(3)4/h9-10,13H,5-8H2,1-4H3. The van der Waals surface area contributed by atoms with Crippen LogP contribution in [-0.4, -0.2) is 37.1 Å². The van der Waals surface area contributed by atoms with Gasteiger partial charge in [-0.25, -0.2) is 4.98 Å². The van der Waals surface area contributed by atoms with E-state index in [1.165, 1.54) is 10.7 Å². The molecular weight excluding hydrogens is 218 g/mol. The number of thiazole rings is 1. The molecule has 0 aliphatic heterocycles. The maximum atomic E-state index is 4.61. The quantitative estimate of drug-likeness (QED) is 0.791. The van der Waals surface area contributed by atoms with Gasteiger partial charge in [-0.15, -0.1) is 11.3 Å². The summed E-state index contributed by atoms with van der Waals surface area (Å²) in [5, 5.41) is 6.82. The van der Waals surface area contributed by atoms with Crippen LogP contribution in [0.25, 0.3) is 0 Å². The van der Waals surface area contributed by atoms with Gasteiger partial charge in [0.25, 0.3) is 0 Å². The van der Waals surface area contributed by atoms with E-state index in [-0.39, 0.29) is 0 Å². The van der Waals surface area contributed by atoms with Crippen molar-refractivity contribution in [3.05, 3.63) is 16.1 Å². The van der Waals surface area contributed by atoms with Gasteiger partial charge < -0.3 is 10.2 Å². The Morgan fingerprint density at radius 1 is 1.44 bits per heavy atom. The van der Waals surface area contributed by atoms with Gasteiger partial charge >= 0.3 is 0 Å². The predicted molar refractivity (Wildman–Crippen MR) is 70.9 cm³/mol. The molecule has 0 saturated carbocycles. The van der Waals surface area contributed by atoms with Crippen LogP contribution in [0.1, 0.15) is 24.5 Å². The summed E-state index contributed by atoms with van der Waals surface area (Å²) in [5.41, 5.74) is 1.18. The molecule has 0 bridgehead atoms. The third kappa shape index (κ3) is 5.58.